The summed E-state index contributed by atoms with van der Waals surface area (Å²) in [6.07, 6.45) is 6.14. The lowest BCUT2D eigenvalue weighted by Gasteiger charge is -2.14. The highest BCUT2D eigenvalue weighted by Crippen LogP contribution is 2.53. The van der Waals surface area contributed by atoms with Crippen LogP contribution < -0.4 is 17.2 Å². The topological polar surface area (TPSA) is 151 Å². The van der Waals surface area contributed by atoms with Crippen molar-refractivity contribution in [2.45, 2.75) is 25.2 Å². The number of carbonyl (C=O) groups is 2. The Hall–Kier alpha value is -3.55. The summed E-state index contributed by atoms with van der Waals surface area (Å²) in [6, 6.07) is 5.56. The molecule has 0 saturated heterocycles. The van der Waals surface area contributed by atoms with Crippen molar-refractivity contribution in [2.75, 3.05) is 5.73 Å². The molecule has 2 atom stereocenters. The average Bonchev–Trinajstić information content (AvgIpc) is 3.45. The molecule has 28 heavy (non-hydrogen) atoms. The Morgan fingerprint density at radius 2 is 2.04 bits per heavy atom. The fourth-order valence-corrected chi connectivity index (χ4v) is 3.81. The summed E-state index contributed by atoms with van der Waals surface area (Å²) in [4.78, 5) is 36.8. The molecule has 8 heteroatoms. The predicted octanol–water partition coefficient (Wildman–Crippen LogP) is 1.06. The third-order valence-electron chi connectivity index (χ3n) is 5.51. The maximum Gasteiger partial charge on any atom is 0.230 e. The average molecular weight is 376 g/mol. The molecule has 0 radical (unpaired) electrons. The van der Waals surface area contributed by atoms with Gasteiger partial charge in [0.1, 0.15) is 11.2 Å². The van der Waals surface area contributed by atoms with Crippen molar-refractivity contribution in [1.82, 2.24) is 15.0 Å². The Morgan fingerprint density at radius 1 is 1.25 bits per heavy atom. The molecule has 2 amide bonds. The van der Waals surface area contributed by atoms with Gasteiger partial charge < -0.3 is 17.2 Å². The fraction of sp³-hybridized carbons (Fsp3) is 0.250. The number of hydrogen-bond donors (Lipinski definition) is 3. The highest BCUT2D eigenvalue weighted by Gasteiger charge is 2.64. The minimum Gasteiger partial charge on any atom is -0.383 e. The van der Waals surface area contributed by atoms with Gasteiger partial charge in [0.25, 0.3) is 0 Å². The van der Waals surface area contributed by atoms with Crippen LogP contribution in [-0.4, -0.2) is 26.8 Å². The molecule has 3 aromatic heterocycles. The van der Waals surface area contributed by atoms with Crippen LogP contribution in [0.1, 0.15) is 24.6 Å². The minimum atomic E-state index is -1.15. The molecule has 8 nitrogen and oxygen atoms in total. The molecule has 142 valence electrons. The third-order valence-corrected chi connectivity index (χ3v) is 5.51. The number of carbonyl (C=O) groups excluding carboxylic acids is 2. The van der Waals surface area contributed by atoms with Gasteiger partial charge in [0.15, 0.2) is 0 Å². The number of aromatic nitrogens is 3. The molecular formula is C20H20N6O2. The first-order valence-corrected chi connectivity index (χ1v) is 8.97. The molecule has 1 fully saturated rings. The van der Waals surface area contributed by atoms with Crippen LogP contribution in [0.2, 0.25) is 0 Å². The van der Waals surface area contributed by atoms with E-state index in [4.69, 9.17) is 17.2 Å². The molecule has 0 bridgehead atoms. The van der Waals surface area contributed by atoms with E-state index in [1.165, 1.54) is 0 Å². The van der Waals surface area contributed by atoms with Gasteiger partial charge in [-0.25, -0.2) is 4.98 Å². The van der Waals surface area contributed by atoms with Gasteiger partial charge in [-0.3, -0.25) is 19.6 Å². The van der Waals surface area contributed by atoms with Crippen molar-refractivity contribution in [3.63, 3.8) is 0 Å². The monoisotopic (exact) mass is 376 g/mol. The number of primary amides is 2. The van der Waals surface area contributed by atoms with Gasteiger partial charge in [-0.1, -0.05) is 6.92 Å². The van der Waals surface area contributed by atoms with Crippen molar-refractivity contribution in [1.29, 1.82) is 0 Å². The van der Waals surface area contributed by atoms with Crippen LogP contribution >= 0.6 is 0 Å². The van der Waals surface area contributed by atoms with Gasteiger partial charge in [0, 0.05) is 29.5 Å². The zero-order valence-electron chi connectivity index (χ0n) is 15.3. The van der Waals surface area contributed by atoms with Gasteiger partial charge >= 0.3 is 0 Å². The standard InChI is InChI=1S/C20H20N6O2/c1-2-10-3-4-24-8-12(10)15-5-11-6-16(25-9-13(11)17(21)26-15)20(19(23)28)7-14(20)18(22)27/h3-6,8-9,14H,2,7H2,1H3,(H2,21,26)(H2,22,27)(H2,23,28). The van der Waals surface area contributed by atoms with E-state index in [1.807, 2.05) is 12.1 Å². The zero-order valence-corrected chi connectivity index (χ0v) is 15.3. The normalized spacial score (nSPS) is 20.8. The minimum absolute atomic E-state index is 0.270. The van der Waals surface area contributed by atoms with E-state index in [0.29, 0.717) is 22.6 Å². The number of amides is 2. The number of anilines is 1. The predicted molar refractivity (Wildman–Crippen MR) is 105 cm³/mol. The van der Waals surface area contributed by atoms with Crippen LogP contribution in [0.25, 0.3) is 22.0 Å². The largest absolute Gasteiger partial charge is 0.383 e. The Labute approximate surface area is 161 Å². The summed E-state index contributed by atoms with van der Waals surface area (Å²) >= 11 is 0. The third kappa shape index (κ3) is 2.57. The lowest BCUT2D eigenvalue weighted by molar-refractivity contribution is -0.125. The Morgan fingerprint density at radius 3 is 2.68 bits per heavy atom. The van der Waals surface area contributed by atoms with Crippen LogP contribution in [0.4, 0.5) is 5.82 Å². The summed E-state index contributed by atoms with van der Waals surface area (Å²) in [5, 5.41) is 1.42. The first-order chi connectivity index (χ1) is 13.4. The number of nitrogens with zero attached hydrogens (tertiary/aromatic N) is 3. The zero-order chi connectivity index (χ0) is 20.1. The molecule has 0 spiro atoms. The quantitative estimate of drug-likeness (QED) is 0.606. The molecular weight excluding hydrogens is 356 g/mol. The molecule has 4 rings (SSSR count). The smallest absolute Gasteiger partial charge is 0.230 e. The number of pyridine rings is 3. The van der Waals surface area contributed by atoms with E-state index >= 15 is 0 Å². The van der Waals surface area contributed by atoms with Gasteiger partial charge in [-0.05, 0) is 42.0 Å². The van der Waals surface area contributed by atoms with Crippen LogP contribution in [0.3, 0.4) is 0 Å². The molecule has 1 saturated carbocycles. The maximum atomic E-state index is 12.1. The van der Waals surface area contributed by atoms with Crippen LogP contribution in [0.5, 0.6) is 0 Å². The number of hydrogen-bond acceptors (Lipinski definition) is 6. The number of fused-ring (bicyclic) bond motifs is 1. The van der Waals surface area contributed by atoms with Crippen LogP contribution in [0.15, 0.2) is 36.8 Å². The summed E-state index contributed by atoms with van der Waals surface area (Å²) in [7, 11) is 0. The highest BCUT2D eigenvalue weighted by molar-refractivity contribution is 6.00. The summed E-state index contributed by atoms with van der Waals surface area (Å²) in [5.74, 6) is -1.48. The molecule has 3 aromatic rings. The second-order valence-electron chi connectivity index (χ2n) is 7.06. The second kappa shape index (κ2) is 6.26. The van der Waals surface area contributed by atoms with E-state index in [1.54, 1.807) is 24.7 Å². The van der Waals surface area contributed by atoms with E-state index in [-0.39, 0.29) is 6.42 Å². The Bertz CT molecular complexity index is 1130. The van der Waals surface area contributed by atoms with Crippen molar-refractivity contribution in [3.05, 3.63) is 48.0 Å². The summed E-state index contributed by atoms with van der Waals surface area (Å²) in [5.41, 5.74) is 19.1. The molecule has 6 N–H and O–H groups in total. The van der Waals surface area contributed by atoms with E-state index < -0.39 is 23.1 Å². The lowest BCUT2D eigenvalue weighted by atomic mass is 9.95. The fourth-order valence-electron chi connectivity index (χ4n) is 3.81. The van der Waals surface area contributed by atoms with E-state index in [9.17, 15) is 9.59 Å². The van der Waals surface area contributed by atoms with E-state index in [2.05, 4.69) is 21.9 Å². The van der Waals surface area contributed by atoms with Crippen molar-refractivity contribution < 1.29 is 9.59 Å². The molecule has 1 aliphatic rings. The number of rotatable bonds is 5. The second-order valence-corrected chi connectivity index (χ2v) is 7.06. The van der Waals surface area contributed by atoms with Gasteiger partial charge in [0.05, 0.1) is 17.3 Å². The SMILES string of the molecule is CCc1ccncc1-c1cc2cc(C3(C(N)=O)CC3C(N)=O)ncc2c(N)n1. The molecule has 3 heterocycles. The van der Waals surface area contributed by atoms with Gasteiger partial charge in [-0.2, -0.15) is 0 Å². The first kappa shape index (κ1) is 17.8. The molecule has 1 aliphatic carbocycles. The van der Waals surface area contributed by atoms with Gasteiger partial charge in [0.2, 0.25) is 11.8 Å². The van der Waals surface area contributed by atoms with Crippen LogP contribution in [-0.2, 0) is 21.4 Å². The summed E-state index contributed by atoms with van der Waals surface area (Å²) < 4.78 is 0. The van der Waals surface area contributed by atoms with Crippen LogP contribution in [0, 0.1) is 5.92 Å². The van der Waals surface area contributed by atoms with Crippen molar-refractivity contribution >= 4 is 28.4 Å². The number of nitrogens with two attached hydrogens (primary N) is 3. The molecule has 0 aliphatic heterocycles. The first-order valence-electron chi connectivity index (χ1n) is 8.97. The molecule has 0 aromatic carbocycles. The van der Waals surface area contributed by atoms with Gasteiger partial charge in [-0.15, -0.1) is 0 Å². The molecule has 2 unspecified atom stereocenters. The Kier molecular flexibility index (Phi) is 3.99. The maximum absolute atomic E-state index is 12.1. The lowest BCUT2D eigenvalue weighted by Crippen LogP contribution is -2.34. The number of nitrogen functional groups attached to an aromatic ring is 1. The van der Waals surface area contributed by atoms with Crippen molar-refractivity contribution in [2.24, 2.45) is 17.4 Å². The Balaban J connectivity index is 1.88. The summed E-state index contributed by atoms with van der Waals surface area (Å²) in [6.45, 7) is 2.05. The van der Waals surface area contributed by atoms with Crippen molar-refractivity contribution in [3.8, 4) is 11.3 Å². The van der Waals surface area contributed by atoms with E-state index in [0.717, 1.165) is 22.9 Å². The highest BCUT2D eigenvalue weighted by atomic mass is 16.2. The number of aryl methyl sites for hydroxylation is 1.